The van der Waals surface area contributed by atoms with Gasteiger partial charge in [-0.3, -0.25) is 4.90 Å². The molecule has 2 atom stereocenters. The minimum absolute atomic E-state index is 0.821. The second-order valence-electron chi connectivity index (χ2n) is 7.63. The van der Waals surface area contributed by atoms with Crippen molar-refractivity contribution < 1.29 is 0 Å². The monoisotopic (exact) mass is 342 g/mol. The summed E-state index contributed by atoms with van der Waals surface area (Å²) in [5, 5.41) is 3.41. The number of rotatable bonds is 3. The molecule has 0 spiro atoms. The first-order chi connectivity index (χ1) is 11.8. The number of hydrogen-bond donors (Lipinski definition) is 0. The largest absolute Gasteiger partial charge is 0.356 e. The fourth-order valence-corrected chi connectivity index (χ4v) is 5.55. The molecule has 24 heavy (non-hydrogen) atoms. The van der Waals surface area contributed by atoms with Crippen molar-refractivity contribution in [2.24, 2.45) is 5.92 Å². The molecule has 0 bridgehead atoms. The van der Waals surface area contributed by atoms with Gasteiger partial charge in [-0.1, -0.05) is 6.92 Å². The van der Waals surface area contributed by atoms with Gasteiger partial charge in [0.25, 0.3) is 0 Å². The third-order valence-corrected chi connectivity index (χ3v) is 6.90. The molecule has 0 radical (unpaired) electrons. The first-order valence-corrected chi connectivity index (χ1v) is 10.5. The lowest BCUT2D eigenvalue weighted by Gasteiger charge is -2.48. The summed E-state index contributed by atoms with van der Waals surface area (Å²) in [6.07, 6.45) is 7.86. The van der Waals surface area contributed by atoms with E-state index in [1.807, 2.05) is 0 Å². The van der Waals surface area contributed by atoms with Gasteiger partial charge in [-0.05, 0) is 56.0 Å². The SMILES string of the molecule is CCc1nc(N2CCC3C(CCCN3C3CC3)C2)c2ccsc2n1. The highest BCUT2D eigenvalue weighted by molar-refractivity contribution is 7.16. The van der Waals surface area contributed by atoms with Gasteiger partial charge in [-0.25, -0.2) is 9.97 Å². The van der Waals surface area contributed by atoms with Crippen LogP contribution in [0.1, 0.15) is 44.9 Å². The molecule has 3 fully saturated rings. The number of thiophene rings is 1. The lowest BCUT2D eigenvalue weighted by Crippen LogP contribution is -2.55. The normalized spacial score (nSPS) is 28.3. The predicted octanol–water partition coefficient (Wildman–Crippen LogP) is 3.71. The van der Waals surface area contributed by atoms with Crippen molar-refractivity contribution in [2.75, 3.05) is 24.5 Å². The van der Waals surface area contributed by atoms with Crippen LogP contribution in [-0.4, -0.2) is 46.6 Å². The minimum Gasteiger partial charge on any atom is -0.356 e. The molecule has 0 amide bonds. The maximum atomic E-state index is 4.93. The van der Waals surface area contributed by atoms with E-state index >= 15 is 0 Å². The Labute approximate surface area is 147 Å². The van der Waals surface area contributed by atoms with Crippen molar-refractivity contribution in [1.82, 2.24) is 14.9 Å². The molecular formula is C19H26N4S. The van der Waals surface area contributed by atoms with E-state index in [1.54, 1.807) is 11.3 Å². The van der Waals surface area contributed by atoms with Gasteiger partial charge in [0.15, 0.2) is 0 Å². The summed E-state index contributed by atoms with van der Waals surface area (Å²) in [5.74, 6) is 3.01. The Morgan fingerprint density at radius 1 is 1.17 bits per heavy atom. The van der Waals surface area contributed by atoms with Gasteiger partial charge in [-0.15, -0.1) is 11.3 Å². The molecule has 2 aromatic heterocycles. The molecule has 1 saturated carbocycles. The Balaban J connectivity index is 1.43. The number of nitrogens with zero attached hydrogens (tertiary/aromatic N) is 4. The molecule has 0 aromatic carbocycles. The quantitative estimate of drug-likeness (QED) is 0.851. The number of aromatic nitrogens is 2. The molecule has 2 aliphatic heterocycles. The van der Waals surface area contributed by atoms with Crippen LogP contribution in [0.5, 0.6) is 0 Å². The molecule has 0 N–H and O–H groups in total. The molecule has 4 heterocycles. The average Bonchev–Trinajstić information content (AvgIpc) is 3.36. The highest BCUT2D eigenvalue weighted by Gasteiger charge is 2.42. The van der Waals surface area contributed by atoms with Crippen molar-refractivity contribution in [1.29, 1.82) is 0 Å². The summed E-state index contributed by atoms with van der Waals surface area (Å²) in [6, 6.07) is 3.95. The van der Waals surface area contributed by atoms with Crippen LogP contribution < -0.4 is 4.90 Å². The standard InChI is InChI=1S/C19H26N4S/c1-2-17-20-18(15-8-11-24-19(15)21-17)22-10-7-16-13(12-22)4-3-9-23(16)14-5-6-14/h8,11,13-14,16H,2-7,9-10,12H2,1H3. The Kier molecular flexibility index (Phi) is 3.74. The molecule has 2 saturated heterocycles. The average molecular weight is 343 g/mol. The lowest BCUT2D eigenvalue weighted by atomic mass is 9.83. The van der Waals surface area contributed by atoms with Crippen molar-refractivity contribution in [3.05, 3.63) is 17.3 Å². The van der Waals surface area contributed by atoms with Crippen LogP contribution in [0.25, 0.3) is 10.2 Å². The fraction of sp³-hybridized carbons (Fsp3) is 0.684. The highest BCUT2D eigenvalue weighted by Crippen LogP contribution is 2.40. The summed E-state index contributed by atoms with van der Waals surface area (Å²) in [6.45, 7) is 5.82. The maximum Gasteiger partial charge on any atom is 0.141 e. The van der Waals surface area contributed by atoms with E-state index in [9.17, 15) is 0 Å². The molecule has 2 unspecified atom stereocenters. The molecule has 5 rings (SSSR count). The third kappa shape index (κ3) is 2.53. The van der Waals surface area contributed by atoms with E-state index in [1.165, 1.54) is 56.4 Å². The third-order valence-electron chi connectivity index (χ3n) is 6.09. The molecule has 1 aliphatic carbocycles. The van der Waals surface area contributed by atoms with E-state index in [-0.39, 0.29) is 0 Å². The van der Waals surface area contributed by atoms with Crippen molar-refractivity contribution in [3.8, 4) is 0 Å². The molecule has 128 valence electrons. The van der Waals surface area contributed by atoms with Crippen LogP contribution in [0, 0.1) is 5.92 Å². The molecule has 5 heteroatoms. The van der Waals surface area contributed by atoms with E-state index in [4.69, 9.17) is 9.97 Å². The minimum atomic E-state index is 0.821. The van der Waals surface area contributed by atoms with E-state index < -0.39 is 0 Å². The smallest absolute Gasteiger partial charge is 0.141 e. The maximum absolute atomic E-state index is 4.93. The van der Waals surface area contributed by atoms with Gasteiger partial charge in [0.05, 0.1) is 5.39 Å². The van der Waals surface area contributed by atoms with Crippen LogP contribution >= 0.6 is 11.3 Å². The lowest BCUT2D eigenvalue weighted by molar-refractivity contribution is 0.0697. The zero-order valence-corrected chi connectivity index (χ0v) is 15.3. The highest BCUT2D eigenvalue weighted by atomic mass is 32.1. The van der Waals surface area contributed by atoms with Crippen LogP contribution in [-0.2, 0) is 6.42 Å². The fourth-order valence-electron chi connectivity index (χ4n) is 4.78. The number of fused-ring (bicyclic) bond motifs is 2. The summed E-state index contributed by atoms with van der Waals surface area (Å²) in [5.41, 5.74) is 0. The Bertz CT molecular complexity index is 738. The number of hydrogen-bond acceptors (Lipinski definition) is 5. The van der Waals surface area contributed by atoms with Gasteiger partial charge >= 0.3 is 0 Å². The summed E-state index contributed by atoms with van der Waals surface area (Å²) >= 11 is 1.74. The zero-order valence-electron chi connectivity index (χ0n) is 14.4. The zero-order chi connectivity index (χ0) is 16.1. The van der Waals surface area contributed by atoms with Crippen LogP contribution in [0.3, 0.4) is 0 Å². The Morgan fingerprint density at radius 2 is 2.08 bits per heavy atom. The number of aryl methyl sites for hydroxylation is 1. The molecule has 2 aromatic rings. The summed E-state index contributed by atoms with van der Waals surface area (Å²) in [7, 11) is 0. The van der Waals surface area contributed by atoms with Crippen molar-refractivity contribution in [3.63, 3.8) is 0 Å². The molecule has 4 nitrogen and oxygen atoms in total. The second-order valence-corrected chi connectivity index (χ2v) is 8.52. The van der Waals surface area contributed by atoms with Crippen LogP contribution in [0.4, 0.5) is 5.82 Å². The van der Waals surface area contributed by atoms with Gasteiger partial charge in [0.2, 0.25) is 0 Å². The van der Waals surface area contributed by atoms with Gasteiger partial charge in [-0.2, -0.15) is 0 Å². The second kappa shape index (κ2) is 5.95. The summed E-state index contributed by atoms with van der Waals surface area (Å²) in [4.78, 5) is 16.2. The van der Waals surface area contributed by atoms with Crippen LogP contribution in [0.15, 0.2) is 11.4 Å². The van der Waals surface area contributed by atoms with E-state index in [0.717, 1.165) is 41.6 Å². The molecular weight excluding hydrogens is 316 g/mol. The first kappa shape index (κ1) is 15.1. The first-order valence-electron chi connectivity index (χ1n) is 9.58. The van der Waals surface area contributed by atoms with Gasteiger partial charge in [0.1, 0.15) is 16.5 Å². The van der Waals surface area contributed by atoms with E-state index in [0.29, 0.717) is 0 Å². The Morgan fingerprint density at radius 3 is 2.92 bits per heavy atom. The predicted molar refractivity (Wildman–Crippen MR) is 99.9 cm³/mol. The number of likely N-dealkylation sites (tertiary alicyclic amines) is 1. The van der Waals surface area contributed by atoms with Crippen molar-refractivity contribution in [2.45, 2.75) is 57.5 Å². The van der Waals surface area contributed by atoms with Crippen molar-refractivity contribution >= 4 is 27.4 Å². The topological polar surface area (TPSA) is 32.3 Å². The number of anilines is 1. The Hall–Kier alpha value is -1.20. The molecule has 3 aliphatic rings. The summed E-state index contributed by atoms with van der Waals surface area (Å²) < 4.78 is 0. The van der Waals surface area contributed by atoms with Gasteiger partial charge in [0, 0.05) is 31.6 Å². The van der Waals surface area contributed by atoms with E-state index in [2.05, 4.69) is 28.2 Å². The number of piperidine rings is 2. The van der Waals surface area contributed by atoms with Gasteiger partial charge < -0.3 is 4.90 Å². The van der Waals surface area contributed by atoms with Crippen LogP contribution in [0.2, 0.25) is 0 Å².